The first-order valence-electron chi connectivity index (χ1n) is 8.10. The maximum atomic E-state index is 12.3. The summed E-state index contributed by atoms with van der Waals surface area (Å²) in [6.07, 6.45) is 2.75. The predicted octanol–water partition coefficient (Wildman–Crippen LogP) is 4.46. The van der Waals surface area contributed by atoms with Crippen LogP contribution in [0.1, 0.15) is 48.4 Å². The quantitative estimate of drug-likeness (QED) is 0.742. The summed E-state index contributed by atoms with van der Waals surface area (Å²) in [5, 5.41) is 13.3. The van der Waals surface area contributed by atoms with Crippen molar-refractivity contribution in [2.45, 2.75) is 46.5 Å². The number of fused-ring (bicyclic) bond motifs is 1. The first-order chi connectivity index (χ1) is 11.5. The van der Waals surface area contributed by atoms with Gasteiger partial charge in [-0.25, -0.2) is 0 Å². The van der Waals surface area contributed by atoms with Crippen LogP contribution >= 0.6 is 11.3 Å². The van der Waals surface area contributed by atoms with Crippen molar-refractivity contribution in [3.8, 4) is 0 Å². The van der Waals surface area contributed by atoms with Gasteiger partial charge in [-0.15, -0.1) is 10.2 Å². The molecule has 2 aromatic heterocycles. The van der Waals surface area contributed by atoms with E-state index in [4.69, 9.17) is 4.42 Å². The number of hydrogen-bond acceptors (Lipinski definition) is 5. The molecule has 0 fully saturated rings. The molecule has 0 unspecified atom stereocenters. The lowest BCUT2D eigenvalue weighted by molar-refractivity contribution is -0.115. The molecule has 0 aliphatic rings. The molecule has 6 heteroatoms. The first-order valence-corrected chi connectivity index (χ1v) is 8.92. The summed E-state index contributed by atoms with van der Waals surface area (Å²) in [6.45, 7) is 8.44. The maximum Gasteiger partial charge on any atom is 0.230 e. The summed E-state index contributed by atoms with van der Waals surface area (Å²) in [5.74, 6) is 0.322. The van der Waals surface area contributed by atoms with E-state index in [2.05, 4.69) is 42.4 Å². The van der Waals surface area contributed by atoms with E-state index < -0.39 is 0 Å². The van der Waals surface area contributed by atoms with Crippen LogP contribution in [-0.2, 0) is 17.6 Å². The minimum absolute atomic E-state index is 0.108. The van der Waals surface area contributed by atoms with Gasteiger partial charge in [0, 0.05) is 10.9 Å². The number of carbonyl (C=O) groups is 1. The van der Waals surface area contributed by atoms with Gasteiger partial charge in [0.05, 0.1) is 12.7 Å². The number of aromatic nitrogens is 2. The lowest BCUT2D eigenvalue weighted by Crippen LogP contribution is -2.14. The molecule has 3 aromatic rings. The Kier molecular flexibility index (Phi) is 4.66. The topological polar surface area (TPSA) is 68.0 Å². The van der Waals surface area contributed by atoms with Crippen LogP contribution in [0.3, 0.4) is 0 Å². The van der Waals surface area contributed by atoms with Gasteiger partial charge in [-0.05, 0) is 42.5 Å². The number of anilines is 1. The molecule has 5 nitrogen and oxygen atoms in total. The number of furan rings is 1. The van der Waals surface area contributed by atoms with Crippen molar-refractivity contribution in [1.82, 2.24) is 10.2 Å². The fraction of sp³-hybridized carbons (Fsp3) is 0.389. The van der Waals surface area contributed by atoms with Crippen molar-refractivity contribution in [2.24, 2.45) is 0 Å². The predicted molar refractivity (Wildman–Crippen MR) is 96.7 cm³/mol. The van der Waals surface area contributed by atoms with Crippen molar-refractivity contribution in [3.63, 3.8) is 0 Å². The van der Waals surface area contributed by atoms with Gasteiger partial charge in [-0.1, -0.05) is 32.1 Å². The van der Waals surface area contributed by atoms with Crippen LogP contribution in [0.5, 0.6) is 0 Å². The molecule has 0 aliphatic heterocycles. The summed E-state index contributed by atoms with van der Waals surface area (Å²) in [4.78, 5) is 12.3. The molecule has 1 aromatic carbocycles. The van der Waals surface area contributed by atoms with Gasteiger partial charge in [-0.3, -0.25) is 4.79 Å². The molecule has 126 valence electrons. The van der Waals surface area contributed by atoms with Crippen LogP contribution in [0.4, 0.5) is 5.13 Å². The molecule has 1 N–H and O–H groups in total. The standard InChI is InChI=1S/C18H21N3O2S/c1-5-17-20-21-18(24-17)19-16(22)7-12-9-23-15-6-11(4)13(10(2)3)8-14(12)15/h6,8-10H,5,7H2,1-4H3,(H,19,21,22). The summed E-state index contributed by atoms with van der Waals surface area (Å²) in [7, 11) is 0. The van der Waals surface area contributed by atoms with Crippen LogP contribution in [0.15, 0.2) is 22.8 Å². The van der Waals surface area contributed by atoms with Gasteiger partial charge in [-0.2, -0.15) is 0 Å². The van der Waals surface area contributed by atoms with Crippen molar-refractivity contribution in [1.29, 1.82) is 0 Å². The first kappa shape index (κ1) is 16.6. The van der Waals surface area contributed by atoms with Gasteiger partial charge in [0.2, 0.25) is 11.0 Å². The number of amides is 1. The molecule has 0 aliphatic carbocycles. The van der Waals surface area contributed by atoms with E-state index in [-0.39, 0.29) is 12.3 Å². The Morgan fingerprint density at radius 1 is 1.33 bits per heavy atom. The van der Waals surface area contributed by atoms with Gasteiger partial charge in [0.15, 0.2) is 0 Å². The largest absolute Gasteiger partial charge is 0.464 e. The summed E-state index contributed by atoms with van der Waals surface area (Å²) in [6, 6.07) is 4.19. The number of carbonyl (C=O) groups excluding carboxylic acids is 1. The highest BCUT2D eigenvalue weighted by Crippen LogP contribution is 2.29. The fourth-order valence-corrected chi connectivity index (χ4v) is 3.48. The number of nitrogens with one attached hydrogen (secondary N) is 1. The Morgan fingerprint density at radius 3 is 2.79 bits per heavy atom. The molecule has 24 heavy (non-hydrogen) atoms. The second-order valence-electron chi connectivity index (χ2n) is 6.20. The Balaban J connectivity index is 1.81. The zero-order chi connectivity index (χ0) is 17.3. The van der Waals surface area contributed by atoms with Crippen LogP contribution < -0.4 is 5.32 Å². The van der Waals surface area contributed by atoms with E-state index in [0.717, 1.165) is 28.0 Å². The molecule has 3 rings (SSSR count). The Bertz CT molecular complexity index is 880. The number of aryl methyl sites for hydroxylation is 2. The Labute approximate surface area is 145 Å². The molecule has 0 radical (unpaired) electrons. The fourth-order valence-electron chi connectivity index (χ4n) is 2.79. The van der Waals surface area contributed by atoms with E-state index in [9.17, 15) is 4.79 Å². The summed E-state index contributed by atoms with van der Waals surface area (Å²) in [5.41, 5.74) is 4.21. The van der Waals surface area contributed by atoms with Crippen molar-refractivity contribution < 1.29 is 9.21 Å². The van der Waals surface area contributed by atoms with E-state index >= 15 is 0 Å². The molecule has 0 saturated heterocycles. The molecule has 0 spiro atoms. The van der Waals surface area contributed by atoms with Crippen LogP contribution in [0, 0.1) is 6.92 Å². The molecule has 0 saturated carbocycles. The summed E-state index contributed by atoms with van der Waals surface area (Å²) >= 11 is 1.41. The zero-order valence-electron chi connectivity index (χ0n) is 14.3. The average molecular weight is 343 g/mol. The third-order valence-corrected chi connectivity index (χ3v) is 5.01. The molecular formula is C18H21N3O2S. The highest BCUT2D eigenvalue weighted by atomic mass is 32.1. The smallest absolute Gasteiger partial charge is 0.230 e. The van der Waals surface area contributed by atoms with Gasteiger partial charge in [0.25, 0.3) is 0 Å². The van der Waals surface area contributed by atoms with Crippen LogP contribution in [0.25, 0.3) is 11.0 Å². The number of hydrogen-bond donors (Lipinski definition) is 1. The number of rotatable bonds is 5. The number of benzene rings is 1. The minimum Gasteiger partial charge on any atom is -0.464 e. The lowest BCUT2D eigenvalue weighted by atomic mass is 9.95. The highest BCUT2D eigenvalue weighted by molar-refractivity contribution is 7.15. The van der Waals surface area contributed by atoms with Gasteiger partial charge < -0.3 is 9.73 Å². The second kappa shape index (κ2) is 6.73. The molecule has 2 heterocycles. The SMILES string of the molecule is CCc1nnc(NC(=O)Cc2coc3cc(C)c(C(C)C)cc23)s1. The Morgan fingerprint density at radius 2 is 2.12 bits per heavy atom. The van der Waals surface area contributed by atoms with Crippen molar-refractivity contribution >= 4 is 33.3 Å². The van der Waals surface area contributed by atoms with E-state index in [1.165, 1.54) is 22.5 Å². The molecule has 0 atom stereocenters. The highest BCUT2D eigenvalue weighted by Gasteiger charge is 2.15. The zero-order valence-corrected chi connectivity index (χ0v) is 15.2. The van der Waals surface area contributed by atoms with Crippen LogP contribution in [0.2, 0.25) is 0 Å². The van der Waals surface area contributed by atoms with E-state index in [1.54, 1.807) is 6.26 Å². The average Bonchev–Trinajstić information content (AvgIpc) is 3.13. The van der Waals surface area contributed by atoms with Gasteiger partial charge >= 0.3 is 0 Å². The van der Waals surface area contributed by atoms with E-state index in [1.807, 2.05) is 13.0 Å². The molecule has 0 bridgehead atoms. The maximum absolute atomic E-state index is 12.3. The normalized spacial score (nSPS) is 11.4. The molecule has 1 amide bonds. The van der Waals surface area contributed by atoms with Gasteiger partial charge in [0.1, 0.15) is 10.6 Å². The lowest BCUT2D eigenvalue weighted by Gasteiger charge is -2.09. The minimum atomic E-state index is -0.108. The number of nitrogens with zero attached hydrogens (tertiary/aromatic N) is 2. The monoisotopic (exact) mass is 343 g/mol. The third kappa shape index (κ3) is 3.33. The molecular weight excluding hydrogens is 322 g/mol. The summed E-state index contributed by atoms with van der Waals surface area (Å²) < 4.78 is 5.63. The van der Waals surface area contributed by atoms with Crippen molar-refractivity contribution in [3.05, 3.63) is 40.1 Å². The van der Waals surface area contributed by atoms with Crippen molar-refractivity contribution in [2.75, 3.05) is 5.32 Å². The van der Waals surface area contributed by atoms with E-state index in [0.29, 0.717) is 11.0 Å². The Hall–Kier alpha value is -2.21. The second-order valence-corrected chi connectivity index (χ2v) is 7.26. The van der Waals surface area contributed by atoms with Crippen LogP contribution in [-0.4, -0.2) is 16.1 Å². The third-order valence-electron chi connectivity index (χ3n) is 4.03.